The maximum atomic E-state index is 4.42. The normalized spacial score (nSPS) is 10.6. The van der Waals surface area contributed by atoms with Crippen molar-refractivity contribution in [2.45, 2.75) is 27.2 Å². The first-order valence-corrected chi connectivity index (χ1v) is 3.51. The molecule has 0 amide bonds. The second-order valence-electron chi connectivity index (χ2n) is 3.28. The topological polar surface area (TPSA) is 12.4 Å². The molecule has 2 heteroatoms. The fourth-order valence-electron chi connectivity index (χ4n) is 0.437. The molecule has 0 spiro atoms. The summed E-state index contributed by atoms with van der Waals surface area (Å²) < 4.78 is 0. The van der Waals surface area contributed by atoms with E-state index in [9.17, 15) is 0 Å². The molecule has 52 valence electrons. The van der Waals surface area contributed by atoms with E-state index in [1.165, 1.54) is 0 Å². The highest BCUT2D eigenvalue weighted by molar-refractivity contribution is 7.78. The van der Waals surface area contributed by atoms with Gasteiger partial charge in [0, 0.05) is 6.54 Å². The van der Waals surface area contributed by atoms with E-state index in [1.54, 1.807) is 0 Å². The largest absolute Gasteiger partial charge is 0.233 e. The van der Waals surface area contributed by atoms with E-state index in [1.807, 2.05) is 0 Å². The fraction of sp³-hybridized carbons (Fsp3) is 0.857. The van der Waals surface area contributed by atoms with Gasteiger partial charge in [-0.25, -0.2) is 4.99 Å². The summed E-state index contributed by atoms with van der Waals surface area (Å²) in [7, 11) is 0. The quantitative estimate of drug-likeness (QED) is 0.427. The lowest BCUT2D eigenvalue weighted by Crippen LogP contribution is -2.05. The maximum absolute atomic E-state index is 4.42. The highest BCUT2D eigenvalue weighted by Crippen LogP contribution is 2.17. The monoisotopic (exact) mass is 143 g/mol. The van der Waals surface area contributed by atoms with Crippen molar-refractivity contribution in [2.24, 2.45) is 10.4 Å². The van der Waals surface area contributed by atoms with Crippen LogP contribution in [0.25, 0.3) is 0 Å². The minimum Gasteiger partial charge on any atom is -0.233 e. The van der Waals surface area contributed by atoms with Crippen molar-refractivity contribution in [3.63, 3.8) is 0 Å². The summed E-state index contributed by atoms with van der Waals surface area (Å²) >= 11 is 4.42. The highest BCUT2D eigenvalue weighted by Gasteiger charge is 2.07. The summed E-state index contributed by atoms with van der Waals surface area (Å²) in [6.45, 7) is 7.37. The van der Waals surface area contributed by atoms with Gasteiger partial charge in [0.15, 0.2) is 0 Å². The van der Waals surface area contributed by atoms with Crippen LogP contribution in [0.15, 0.2) is 4.99 Å². The Morgan fingerprint density at radius 2 is 2.00 bits per heavy atom. The van der Waals surface area contributed by atoms with Crippen LogP contribution in [0.1, 0.15) is 27.2 Å². The molecule has 0 heterocycles. The van der Waals surface area contributed by atoms with Crippen LogP contribution in [0, 0.1) is 5.41 Å². The number of hydrogen-bond donors (Lipinski definition) is 0. The summed E-state index contributed by atoms with van der Waals surface area (Å²) in [5, 5.41) is 2.35. The van der Waals surface area contributed by atoms with Gasteiger partial charge in [0.1, 0.15) is 0 Å². The Labute approximate surface area is 62.2 Å². The molecule has 0 N–H and O–H groups in total. The van der Waals surface area contributed by atoms with Gasteiger partial charge < -0.3 is 0 Å². The van der Waals surface area contributed by atoms with Gasteiger partial charge in [0.2, 0.25) is 0 Å². The molecule has 0 rings (SSSR count). The third-order valence-electron chi connectivity index (χ3n) is 1.04. The van der Waals surface area contributed by atoms with Crippen molar-refractivity contribution < 1.29 is 0 Å². The van der Waals surface area contributed by atoms with Crippen molar-refractivity contribution in [1.29, 1.82) is 0 Å². The molecule has 0 unspecified atom stereocenters. The second-order valence-corrected chi connectivity index (χ2v) is 3.47. The first-order valence-electron chi connectivity index (χ1n) is 3.10. The van der Waals surface area contributed by atoms with Crippen molar-refractivity contribution in [1.82, 2.24) is 0 Å². The predicted molar refractivity (Wildman–Crippen MR) is 44.0 cm³/mol. The van der Waals surface area contributed by atoms with Crippen LogP contribution < -0.4 is 0 Å². The number of nitrogens with zero attached hydrogens (tertiary/aromatic N) is 1. The van der Waals surface area contributed by atoms with Crippen LogP contribution in [0.5, 0.6) is 0 Å². The van der Waals surface area contributed by atoms with E-state index >= 15 is 0 Å². The van der Waals surface area contributed by atoms with Gasteiger partial charge in [-0.3, -0.25) is 0 Å². The Balaban J connectivity index is 3.39. The van der Waals surface area contributed by atoms with E-state index in [4.69, 9.17) is 0 Å². The van der Waals surface area contributed by atoms with Crippen molar-refractivity contribution >= 4 is 17.4 Å². The summed E-state index contributed by atoms with van der Waals surface area (Å²) in [4.78, 5) is 3.82. The van der Waals surface area contributed by atoms with E-state index < -0.39 is 0 Å². The number of hydrogen-bond acceptors (Lipinski definition) is 2. The lowest BCUT2D eigenvalue weighted by molar-refractivity contribution is 0.385. The maximum Gasteiger partial charge on any atom is 0.0584 e. The first kappa shape index (κ1) is 8.80. The molecule has 0 radical (unpaired) electrons. The molecule has 0 bridgehead atoms. The molecule has 0 fully saturated rings. The smallest absolute Gasteiger partial charge is 0.0584 e. The zero-order valence-corrected chi connectivity index (χ0v) is 7.09. The Morgan fingerprint density at radius 3 is 2.33 bits per heavy atom. The van der Waals surface area contributed by atoms with Gasteiger partial charge in [-0.15, -0.1) is 0 Å². The van der Waals surface area contributed by atoms with Crippen LogP contribution in [0.3, 0.4) is 0 Å². The van der Waals surface area contributed by atoms with Crippen LogP contribution >= 0.6 is 12.2 Å². The lowest BCUT2D eigenvalue weighted by atomic mass is 9.93. The second kappa shape index (κ2) is 3.76. The molecule has 0 aromatic carbocycles. The van der Waals surface area contributed by atoms with E-state index in [-0.39, 0.29) is 0 Å². The average Bonchev–Trinajstić information content (AvgIpc) is 1.63. The van der Waals surface area contributed by atoms with Crippen molar-refractivity contribution in [2.75, 3.05) is 6.54 Å². The predicted octanol–water partition coefficient (Wildman–Crippen LogP) is 2.53. The van der Waals surface area contributed by atoms with Gasteiger partial charge in [-0.2, -0.15) is 0 Å². The van der Waals surface area contributed by atoms with Crippen molar-refractivity contribution in [3.8, 4) is 0 Å². The molecule has 0 saturated heterocycles. The van der Waals surface area contributed by atoms with Gasteiger partial charge in [-0.1, -0.05) is 20.8 Å². The van der Waals surface area contributed by atoms with Crippen molar-refractivity contribution in [3.05, 3.63) is 0 Å². The SMILES string of the molecule is CC(C)(C)CCN=C=S. The van der Waals surface area contributed by atoms with E-state index in [0.29, 0.717) is 5.41 Å². The molecule has 9 heavy (non-hydrogen) atoms. The number of aliphatic imine (C=N–C) groups is 1. The number of isothiocyanates is 1. The molecule has 0 aromatic rings. The summed E-state index contributed by atoms with van der Waals surface area (Å²) in [6.07, 6.45) is 1.08. The molecule has 0 aliphatic carbocycles. The molecular weight excluding hydrogens is 130 g/mol. The standard InChI is InChI=1S/C7H13NS/c1-7(2,3)4-5-8-6-9/h4-5H2,1-3H3. The Morgan fingerprint density at radius 1 is 1.44 bits per heavy atom. The lowest BCUT2D eigenvalue weighted by Gasteiger charge is -2.14. The molecule has 1 nitrogen and oxygen atoms in total. The summed E-state index contributed by atoms with van der Waals surface area (Å²) in [5.41, 5.74) is 0.371. The minimum absolute atomic E-state index is 0.371. The highest BCUT2D eigenvalue weighted by atomic mass is 32.1. The number of rotatable bonds is 2. The zero-order valence-electron chi connectivity index (χ0n) is 6.27. The van der Waals surface area contributed by atoms with Crippen LogP contribution in [-0.4, -0.2) is 11.7 Å². The van der Waals surface area contributed by atoms with Crippen LogP contribution in [0.2, 0.25) is 0 Å². The molecular formula is C7H13NS. The van der Waals surface area contributed by atoms with Gasteiger partial charge in [0.25, 0.3) is 0 Å². The van der Waals surface area contributed by atoms with E-state index in [0.717, 1.165) is 13.0 Å². The van der Waals surface area contributed by atoms with Gasteiger partial charge in [-0.05, 0) is 24.1 Å². The zero-order chi connectivity index (χ0) is 7.33. The molecule has 0 aromatic heterocycles. The Bertz CT molecular complexity index is 117. The average molecular weight is 143 g/mol. The molecule has 0 aliphatic heterocycles. The minimum atomic E-state index is 0.371. The molecule has 0 atom stereocenters. The van der Waals surface area contributed by atoms with Gasteiger partial charge >= 0.3 is 0 Å². The van der Waals surface area contributed by atoms with Gasteiger partial charge in [0.05, 0.1) is 5.16 Å². The van der Waals surface area contributed by atoms with E-state index in [2.05, 4.69) is 43.1 Å². The van der Waals surface area contributed by atoms with Crippen LogP contribution in [-0.2, 0) is 0 Å². The molecule has 0 aliphatic rings. The van der Waals surface area contributed by atoms with Crippen LogP contribution in [0.4, 0.5) is 0 Å². The first-order chi connectivity index (χ1) is 4.06. The Hall–Kier alpha value is -0.200. The Kier molecular flexibility index (Phi) is 3.67. The fourth-order valence-corrected chi connectivity index (χ4v) is 0.528. The third kappa shape index (κ3) is 7.80. The number of thiocarbonyl (C=S) groups is 1. The molecule has 0 saturated carbocycles. The summed E-state index contributed by atoms with van der Waals surface area (Å²) in [5.74, 6) is 0. The summed E-state index contributed by atoms with van der Waals surface area (Å²) in [6, 6.07) is 0. The third-order valence-corrected chi connectivity index (χ3v) is 1.17.